The molecule has 0 spiro atoms. The molecule has 2 aromatic heterocycles. The minimum absolute atomic E-state index is 0.540. The van der Waals surface area contributed by atoms with Crippen LogP contribution >= 0.6 is 11.6 Å². The van der Waals surface area contributed by atoms with Crippen molar-refractivity contribution >= 4 is 23.4 Å². The molecule has 0 aliphatic rings. The lowest BCUT2D eigenvalue weighted by Crippen LogP contribution is -2.24. The third-order valence-electron chi connectivity index (χ3n) is 2.93. The Hall–Kier alpha value is -1.88. The maximum absolute atomic E-state index is 6.21. The van der Waals surface area contributed by atoms with Gasteiger partial charge in [0.2, 0.25) is 5.95 Å². The summed E-state index contributed by atoms with van der Waals surface area (Å²) in [4.78, 5) is 15.1. The molecule has 0 amide bonds. The number of rotatable bonds is 5. The molecule has 2 rings (SSSR count). The maximum Gasteiger partial charge on any atom is 0.224 e. The van der Waals surface area contributed by atoms with Crippen molar-refractivity contribution in [3.63, 3.8) is 0 Å². The van der Waals surface area contributed by atoms with E-state index in [0.29, 0.717) is 17.5 Å². The SMILES string of the molecule is CCN(Cc1cccc(C)n1)c1nc(NC)ncc1Cl. The largest absolute Gasteiger partial charge is 0.357 e. The van der Waals surface area contributed by atoms with E-state index in [2.05, 4.69) is 32.1 Å². The standard InChI is InChI=1S/C14H18ClN5/c1-4-20(9-11-7-5-6-10(2)18-11)13-12(15)8-17-14(16-3)19-13/h5-8H,4,9H2,1-3H3,(H,16,17,19). The third-order valence-corrected chi connectivity index (χ3v) is 3.20. The van der Waals surface area contributed by atoms with Crippen LogP contribution in [0.5, 0.6) is 0 Å². The van der Waals surface area contributed by atoms with Gasteiger partial charge in [-0.1, -0.05) is 17.7 Å². The van der Waals surface area contributed by atoms with Crippen molar-refractivity contribution in [1.82, 2.24) is 15.0 Å². The van der Waals surface area contributed by atoms with Crippen molar-refractivity contribution in [3.05, 3.63) is 40.8 Å². The van der Waals surface area contributed by atoms with Gasteiger partial charge in [-0.2, -0.15) is 4.98 Å². The van der Waals surface area contributed by atoms with E-state index in [4.69, 9.17) is 11.6 Å². The van der Waals surface area contributed by atoms with Gasteiger partial charge < -0.3 is 10.2 Å². The Kier molecular flexibility index (Phi) is 4.74. The molecule has 5 nitrogen and oxygen atoms in total. The van der Waals surface area contributed by atoms with E-state index < -0.39 is 0 Å². The van der Waals surface area contributed by atoms with Gasteiger partial charge in [0.1, 0.15) is 5.02 Å². The Labute approximate surface area is 124 Å². The second kappa shape index (κ2) is 6.52. The first kappa shape index (κ1) is 14.5. The summed E-state index contributed by atoms with van der Waals surface area (Å²) in [5.74, 6) is 1.27. The van der Waals surface area contributed by atoms with Gasteiger partial charge in [-0.15, -0.1) is 0 Å². The third kappa shape index (κ3) is 3.36. The molecule has 2 aromatic rings. The van der Waals surface area contributed by atoms with Crippen LogP contribution in [0.4, 0.5) is 11.8 Å². The first-order chi connectivity index (χ1) is 9.63. The Morgan fingerprint density at radius 3 is 2.75 bits per heavy atom. The van der Waals surface area contributed by atoms with Crippen molar-refractivity contribution < 1.29 is 0 Å². The number of aryl methyl sites for hydroxylation is 1. The molecule has 20 heavy (non-hydrogen) atoms. The van der Waals surface area contributed by atoms with Gasteiger partial charge in [-0.05, 0) is 26.0 Å². The van der Waals surface area contributed by atoms with Crippen LogP contribution in [-0.2, 0) is 6.54 Å². The molecule has 1 N–H and O–H groups in total. The summed E-state index contributed by atoms with van der Waals surface area (Å²) < 4.78 is 0. The minimum Gasteiger partial charge on any atom is -0.357 e. The van der Waals surface area contributed by atoms with Gasteiger partial charge in [0, 0.05) is 19.3 Å². The number of halogens is 1. The average Bonchev–Trinajstić information content (AvgIpc) is 2.46. The molecule has 0 aromatic carbocycles. The number of aromatic nitrogens is 3. The summed E-state index contributed by atoms with van der Waals surface area (Å²) in [6, 6.07) is 5.99. The molecular formula is C14H18ClN5. The monoisotopic (exact) mass is 291 g/mol. The molecule has 0 radical (unpaired) electrons. The van der Waals surface area contributed by atoms with Crippen molar-refractivity contribution in [3.8, 4) is 0 Å². The smallest absolute Gasteiger partial charge is 0.224 e. The molecule has 2 heterocycles. The van der Waals surface area contributed by atoms with Gasteiger partial charge in [0.15, 0.2) is 5.82 Å². The molecule has 0 unspecified atom stereocenters. The molecule has 0 atom stereocenters. The van der Waals surface area contributed by atoms with E-state index in [0.717, 1.165) is 23.8 Å². The molecule has 6 heteroatoms. The van der Waals surface area contributed by atoms with Crippen molar-refractivity contribution in [2.24, 2.45) is 0 Å². The minimum atomic E-state index is 0.540. The summed E-state index contributed by atoms with van der Waals surface area (Å²) in [7, 11) is 1.78. The zero-order valence-corrected chi connectivity index (χ0v) is 12.6. The van der Waals surface area contributed by atoms with E-state index in [9.17, 15) is 0 Å². The van der Waals surface area contributed by atoms with E-state index in [1.807, 2.05) is 25.1 Å². The number of anilines is 2. The molecule has 106 valence electrons. The van der Waals surface area contributed by atoms with E-state index in [1.54, 1.807) is 13.2 Å². The van der Waals surface area contributed by atoms with Crippen LogP contribution < -0.4 is 10.2 Å². The fourth-order valence-electron chi connectivity index (χ4n) is 1.92. The Balaban J connectivity index is 2.28. The van der Waals surface area contributed by atoms with Crippen LogP contribution in [0.3, 0.4) is 0 Å². The van der Waals surface area contributed by atoms with Crippen molar-refractivity contribution in [2.45, 2.75) is 20.4 Å². The predicted octanol–water partition coefficient (Wildman–Crippen LogP) is 2.90. The Morgan fingerprint density at radius 2 is 2.10 bits per heavy atom. The molecule has 0 fully saturated rings. The number of nitrogens with one attached hydrogen (secondary N) is 1. The normalized spacial score (nSPS) is 10.4. The van der Waals surface area contributed by atoms with Crippen molar-refractivity contribution in [2.75, 3.05) is 23.8 Å². The first-order valence-electron chi connectivity index (χ1n) is 6.51. The van der Waals surface area contributed by atoms with Crippen LogP contribution in [0.1, 0.15) is 18.3 Å². The van der Waals surface area contributed by atoms with Crippen LogP contribution in [-0.4, -0.2) is 28.5 Å². The zero-order chi connectivity index (χ0) is 14.5. The topological polar surface area (TPSA) is 53.9 Å². The number of nitrogens with zero attached hydrogens (tertiary/aromatic N) is 4. The van der Waals surface area contributed by atoms with E-state index in [1.165, 1.54) is 0 Å². The summed E-state index contributed by atoms with van der Waals surface area (Å²) >= 11 is 6.21. The lowest BCUT2D eigenvalue weighted by molar-refractivity contribution is 0.788. The van der Waals surface area contributed by atoms with Crippen LogP contribution in [0.2, 0.25) is 5.02 Å². The fraction of sp³-hybridized carbons (Fsp3) is 0.357. The van der Waals surface area contributed by atoms with Crippen LogP contribution in [0.15, 0.2) is 24.4 Å². The molecule has 0 aliphatic carbocycles. The summed E-state index contributed by atoms with van der Waals surface area (Å²) in [5.41, 5.74) is 2.00. The predicted molar refractivity (Wildman–Crippen MR) is 82.3 cm³/mol. The Morgan fingerprint density at radius 1 is 1.30 bits per heavy atom. The van der Waals surface area contributed by atoms with E-state index in [-0.39, 0.29) is 0 Å². The average molecular weight is 292 g/mol. The number of pyridine rings is 1. The summed E-state index contributed by atoms with van der Waals surface area (Å²) in [6.07, 6.45) is 1.61. The van der Waals surface area contributed by atoms with Gasteiger partial charge in [0.05, 0.1) is 18.4 Å². The second-order valence-corrected chi connectivity index (χ2v) is 4.81. The lowest BCUT2D eigenvalue weighted by atomic mass is 10.3. The summed E-state index contributed by atoms with van der Waals surface area (Å²) in [6.45, 7) is 5.50. The fourth-order valence-corrected chi connectivity index (χ4v) is 2.13. The molecule has 0 saturated heterocycles. The van der Waals surface area contributed by atoms with Gasteiger partial charge in [-0.25, -0.2) is 4.98 Å². The van der Waals surface area contributed by atoms with Gasteiger partial charge in [-0.3, -0.25) is 4.98 Å². The van der Waals surface area contributed by atoms with Gasteiger partial charge in [0.25, 0.3) is 0 Å². The quantitative estimate of drug-likeness (QED) is 0.918. The highest BCUT2D eigenvalue weighted by Gasteiger charge is 2.13. The zero-order valence-electron chi connectivity index (χ0n) is 11.9. The molecule has 0 bridgehead atoms. The maximum atomic E-state index is 6.21. The molecule has 0 aliphatic heterocycles. The van der Waals surface area contributed by atoms with Crippen LogP contribution in [0, 0.1) is 6.92 Å². The lowest BCUT2D eigenvalue weighted by Gasteiger charge is -2.22. The number of hydrogen-bond donors (Lipinski definition) is 1. The van der Waals surface area contributed by atoms with E-state index >= 15 is 0 Å². The first-order valence-corrected chi connectivity index (χ1v) is 6.89. The second-order valence-electron chi connectivity index (χ2n) is 4.40. The van der Waals surface area contributed by atoms with Crippen molar-refractivity contribution in [1.29, 1.82) is 0 Å². The number of hydrogen-bond acceptors (Lipinski definition) is 5. The summed E-state index contributed by atoms with van der Waals surface area (Å²) in [5, 5.41) is 3.46. The highest BCUT2D eigenvalue weighted by molar-refractivity contribution is 6.32. The Bertz CT molecular complexity index is 588. The highest BCUT2D eigenvalue weighted by Crippen LogP contribution is 2.24. The van der Waals surface area contributed by atoms with Crippen LogP contribution in [0.25, 0.3) is 0 Å². The molecular weight excluding hydrogens is 274 g/mol. The molecule has 0 saturated carbocycles. The van der Waals surface area contributed by atoms with Gasteiger partial charge >= 0.3 is 0 Å². The highest BCUT2D eigenvalue weighted by atomic mass is 35.5.